The van der Waals surface area contributed by atoms with E-state index in [4.69, 9.17) is 9.84 Å². The Morgan fingerprint density at radius 1 is 1.28 bits per heavy atom. The number of H-pyrrole nitrogens is 1. The maximum absolute atomic E-state index is 9.84. The van der Waals surface area contributed by atoms with Gasteiger partial charge in [-0.3, -0.25) is 0 Å². The summed E-state index contributed by atoms with van der Waals surface area (Å²) < 4.78 is 5.33. The Morgan fingerprint density at radius 3 is 2.83 bits per heavy atom. The molecule has 1 saturated heterocycles. The molecule has 96 valence electrons. The Kier molecular flexibility index (Phi) is 2.71. The Bertz CT molecular complexity index is 560. The molecule has 3 rings (SSSR count). The van der Waals surface area contributed by atoms with Crippen LogP contribution in [-0.4, -0.2) is 60.2 Å². The molecule has 18 heavy (non-hydrogen) atoms. The lowest BCUT2D eigenvalue weighted by Crippen LogP contribution is -2.32. The first-order valence-corrected chi connectivity index (χ1v) is 5.49. The number of ether oxygens (including phenoxy) is 1. The normalized spacial score (nSPS) is 32.2. The van der Waals surface area contributed by atoms with Crippen LogP contribution in [0.15, 0.2) is 12.5 Å². The summed E-state index contributed by atoms with van der Waals surface area (Å²) in [6, 6.07) is 0. The fourth-order valence-electron chi connectivity index (χ4n) is 2.00. The van der Waals surface area contributed by atoms with Gasteiger partial charge >= 0.3 is 0 Å². The number of aromatic nitrogens is 4. The minimum absolute atomic E-state index is 0.233. The molecule has 0 bridgehead atoms. The van der Waals surface area contributed by atoms with Crippen molar-refractivity contribution in [3.8, 4) is 0 Å². The summed E-state index contributed by atoms with van der Waals surface area (Å²) in [4.78, 5) is 15.0. The number of aliphatic hydroxyl groups excluding tert-OH is 3. The van der Waals surface area contributed by atoms with E-state index in [1.807, 2.05) is 0 Å². The van der Waals surface area contributed by atoms with Crippen LogP contribution in [0.4, 0.5) is 0 Å². The molecular weight excluding hydrogens is 240 g/mol. The largest absolute Gasteiger partial charge is 0.394 e. The average molecular weight is 252 g/mol. The van der Waals surface area contributed by atoms with Crippen molar-refractivity contribution in [1.29, 1.82) is 0 Å². The van der Waals surface area contributed by atoms with Crippen molar-refractivity contribution in [3.63, 3.8) is 0 Å². The predicted molar refractivity (Wildman–Crippen MR) is 58.4 cm³/mol. The first-order chi connectivity index (χ1) is 8.70. The number of hydrogen-bond acceptors (Lipinski definition) is 7. The summed E-state index contributed by atoms with van der Waals surface area (Å²) in [5, 5.41) is 28.5. The van der Waals surface area contributed by atoms with Gasteiger partial charge in [0.05, 0.1) is 19.1 Å². The molecule has 8 nitrogen and oxygen atoms in total. The van der Waals surface area contributed by atoms with Crippen molar-refractivity contribution in [2.24, 2.45) is 0 Å². The summed E-state index contributed by atoms with van der Waals surface area (Å²) in [5.41, 5.74) is 1.13. The van der Waals surface area contributed by atoms with Gasteiger partial charge in [-0.25, -0.2) is 15.0 Å². The highest BCUT2D eigenvalue weighted by molar-refractivity contribution is 5.68. The second kappa shape index (κ2) is 4.25. The molecule has 4 atom stereocenters. The number of hydrogen-bond donors (Lipinski definition) is 4. The van der Waals surface area contributed by atoms with E-state index >= 15 is 0 Å². The number of rotatable bonds is 2. The van der Waals surface area contributed by atoms with Gasteiger partial charge in [-0.15, -0.1) is 0 Å². The van der Waals surface area contributed by atoms with E-state index in [2.05, 4.69) is 19.9 Å². The van der Waals surface area contributed by atoms with Gasteiger partial charge < -0.3 is 25.0 Å². The first kappa shape index (κ1) is 11.5. The van der Waals surface area contributed by atoms with Gasteiger partial charge in [-0.1, -0.05) is 0 Å². The maximum atomic E-state index is 9.84. The highest BCUT2D eigenvalue weighted by Crippen LogP contribution is 2.31. The lowest BCUT2D eigenvalue weighted by atomic mass is 10.1. The molecule has 2 aromatic rings. The predicted octanol–water partition coefficient (Wildman–Crippen LogP) is -1.49. The average Bonchev–Trinajstić information content (AvgIpc) is 2.95. The van der Waals surface area contributed by atoms with Gasteiger partial charge in [-0.05, 0) is 0 Å². The standard InChI is InChI=1S/C10H12N4O4/c15-2-5-6(16)7(17)8(18-5)10-11-1-4-9(14-10)13-3-12-4/h1,3,5-8,15-17H,2H2,(H,11,12,13,14)/t5-,6+,7-,8?/m1/s1. The maximum Gasteiger partial charge on any atom is 0.180 e. The van der Waals surface area contributed by atoms with Crippen LogP contribution in [0.5, 0.6) is 0 Å². The number of fused-ring (bicyclic) bond motifs is 1. The Balaban J connectivity index is 1.94. The van der Waals surface area contributed by atoms with Crippen molar-refractivity contribution in [1.82, 2.24) is 19.9 Å². The third kappa shape index (κ3) is 1.66. The van der Waals surface area contributed by atoms with E-state index in [9.17, 15) is 10.2 Å². The molecule has 0 amide bonds. The molecule has 8 heteroatoms. The van der Waals surface area contributed by atoms with Crippen LogP contribution in [-0.2, 0) is 4.74 Å². The highest BCUT2D eigenvalue weighted by atomic mass is 16.6. The minimum Gasteiger partial charge on any atom is -0.394 e. The van der Waals surface area contributed by atoms with Crippen LogP contribution >= 0.6 is 0 Å². The van der Waals surface area contributed by atoms with E-state index in [1.54, 1.807) is 0 Å². The number of aromatic amines is 1. The molecular formula is C10H12N4O4. The van der Waals surface area contributed by atoms with E-state index in [0.717, 1.165) is 0 Å². The number of imidazole rings is 1. The molecule has 0 spiro atoms. The monoisotopic (exact) mass is 252 g/mol. The second-order valence-electron chi connectivity index (χ2n) is 4.13. The summed E-state index contributed by atoms with van der Waals surface area (Å²) in [6.45, 7) is -0.376. The van der Waals surface area contributed by atoms with Crippen LogP contribution in [0.1, 0.15) is 11.9 Å². The molecule has 0 saturated carbocycles. The zero-order chi connectivity index (χ0) is 12.7. The summed E-state index contributed by atoms with van der Waals surface area (Å²) >= 11 is 0. The zero-order valence-electron chi connectivity index (χ0n) is 9.26. The number of nitrogens with zero attached hydrogens (tertiary/aromatic N) is 3. The smallest absolute Gasteiger partial charge is 0.180 e. The molecule has 1 aliphatic rings. The van der Waals surface area contributed by atoms with Crippen molar-refractivity contribution >= 4 is 11.2 Å². The van der Waals surface area contributed by atoms with Crippen LogP contribution in [0.2, 0.25) is 0 Å². The molecule has 0 aliphatic carbocycles. The van der Waals surface area contributed by atoms with Crippen LogP contribution in [0.3, 0.4) is 0 Å². The fourth-order valence-corrected chi connectivity index (χ4v) is 2.00. The Hall–Kier alpha value is -1.61. The Morgan fingerprint density at radius 2 is 2.11 bits per heavy atom. The van der Waals surface area contributed by atoms with Crippen LogP contribution < -0.4 is 0 Å². The SMILES string of the molecule is OC[C@H]1OC(c2ncc3[nH]cnc3n2)[C@H](O)[C@H]1O. The third-order valence-corrected chi connectivity index (χ3v) is 2.99. The molecule has 1 fully saturated rings. The fraction of sp³-hybridized carbons (Fsp3) is 0.500. The van der Waals surface area contributed by atoms with Crippen LogP contribution in [0, 0.1) is 0 Å². The van der Waals surface area contributed by atoms with Crippen LogP contribution in [0.25, 0.3) is 11.2 Å². The summed E-state index contributed by atoms with van der Waals surface area (Å²) in [5.74, 6) is 0.233. The first-order valence-electron chi connectivity index (χ1n) is 5.49. The van der Waals surface area contributed by atoms with Gasteiger partial charge in [-0.2, -0.15) is 0 Å². The molecule has 0 radical (unpaired) electrons. The lowest BCUT2D eigenvalue weighted by molar-refractivity contribution is -0.0252. The van der Waals surface area contributed by atoms with E-state index in [-0.39, 0.29) is 12.4 Å². The van der Waals surface area contributed by atoms with Gasteiger partial charge in [0.15, 0.2) is 11.5 Å². The molecule has 0 aromatic carbocycles. The summed E-state index contributed by atoms with van der Waals surface area (Å²) in [7, 11) is 0. The number of nitrogens with one attached hydrogen (secondary N) is 1. The molecule has 3 heterocycles. The molecule has 1 unspecified atom stereocenters. The summed E-state index contributed by atoms with van der Waals surface area (Å²) in [6.07, 6.45) is -1.00. The van der Waals surface area contributed by atoms with Crippen molar-refractivity contribution in [2.45, 2.75) is 24.4 Å². The van der Waals surface area contributed by atoms with Crippen molar-refractivity contribution in [3.05, 3.63) is 18.3 Å². The van der Waals surface area contributed by atoms with E-state index in [1.165, 1.54) is 12.5 Å². The van der Waals surface area contributed by atoms with Crippen molar-refractivity contribution in [2.75, 3.05) is 6.61 Å². The Labute approximate surface area is 101 Å². The zero-order valence-corrected chi connectivity index (χ0v) is 9.26. The van der Waals surface area contributed by atoms with E-state index in [0.29, 0.717) is 11.2 Å². The van der Waals surface area contributed by atoms with Gasteiger partial charge in [0.1, 0.15) is 29.9 Å². The van der Waals surface area contributed by atoms with Gasteiger partial charge in [0, 0.05) is 0 Å². The topological polar surface area (TPSA) is 124 Å². The van der Waals surface area contributed by atoms with Crippen molar-refractivity contribution < 1.29 is 20.1 Å². The third-order valence-electron chi connectivity index (χ3n) is 2.99. The van der Waals surface area contributed by atoms with Gasteiger partial charge in [0.25, 0.3) is 0 Å². The minimum atomic E-state index is -1.17. The molecule has 1 aliphatic heterocycles. The number of aliphatic hydroxyl groups is 3. The molecule has 2 aromatic heterocycles. The molecule has 4 N–H and O–H groups in total. The quantitative estimate of drug-likeness (QED) is 0.513. The second-order valence-corrected chi connectivity index (χ2v) is 4.13. The van der Waals surface area contributed by atoms with E-state index < -0.39 is 24.4 Å². The highest BCUT2D eigenvalue weighted by Gasteiger charge is 2.44. The van der Waals surface area contributed by atoms with Gasteiger partial charge in [0.2, 0.25) is 0 Å². The lowest BCUT2D eigenvalue weighted by Gasteiger charge is -2.12.